The van der Waals surface area contributed by atoms with Gasteiger partial charge in [-0.05, 0) is 96.7 Å². The number of aryl methyl sites for hydroxylation is 2. The van der Waals surface area contributed by atoms with Crippen molar-refractivity contribution in [2.75, 3.05) is 39.8 Å². The standard InChI is InChI=1S/C45H49FN8O4S2/c1-5-51(2)44(37-27-52(3)42-9-7-6-8-35(37)42)24-48-60(57,58)34-14-11-31-21-40(50-41(31)23-34)30-12-15-43-36(20-30)38(28-53(43)4)45(54-19-17-32(46)26-54)25-49-59(55,56)33-13-10-29-16-18-47-39(29)22-33/h6-16,18,20-23,27-28,32,44-45,47-50H,5,17,19,24-26H2,1-4H3/t32-,44?,45?/m0/s1. The van der Waals surface area contributed by atoms with E-state index in [1.807, 2.05) is 79.3 Å². The number of benzene rings is 4. The predicted octanol–water partition coefficient (Wildman–Crippen LogP) is 7.33. The van der Waals surface area contributed by atoms with Crippen LogP contribution >= 0.6 is 0 Å². The molecule has 1 aliphatic heterocycles. The van der Waals surface area contributed by atoms with Crippen molar-refractivity contribution < 1.29 is 21.2 Å². The molecular weight excluding hydrogens is 800 g/mol. The number of likely N-dealkylation sites (tertiary alicyclic amines) is 1. The van der Waals surface area contributed by atoms with E-state index in [0.29, 0.717) is 18.5 Å². The number of nitrogens with one attached hydrogen (secondary N) is 4. The molecule has 0 amide bonds. The lowest BCUT2D eigenvalue weighted by molar-refractivity contribution is 0.224. The summed E-state index contributed by atoms with van der Waals surface area (Å²) in [7, 11) is -1.81. The maximum atomic E-state index is 14.7. The maximum absolute atomic E-state index is 14.7. The Balaban J connectivity index is 0.993. The number of halogens is 1. The molecule has 1 aliphatic rings. The molecule has 0 saturated carbocycles. The molecule has 0 radical (unpaired) electrons. The van der Waals surface area contributed by atoms with Gasteiger partial charge in [0.2, 0.25) is 20.0 Å². The minimum atomic E-state index is -3.89. The summed E-state index contributed by atoms with van der Waals surface area (Å²) in [5.74, 6) is 0. The van der Waals surface area contributed by atoms with Gasteiger partial charge >= 0.3 is 0 Å². The van der Waals surface area contributed by atoms with E-state index in [2.05, 4.69) is 60.2 Å². The number of sulfonamides is 2. The van der Waals surface area contributed by atoms with Gasteiger partial charge in [0.1, 0.15) is 6.17 Å². The Hall–Kier alpha value is -5.29. The number of H-pyrrole nitrogens is 2. The van der Waals surface area contributed by atoms with Crippen molar-refractivity contribution in [3.63, 3.8) is 0 Å². The number of aromatic amines is 2. The van der Waals surface area contributed by atoms with Crippen LogP contribution in [0.1, 0.15) is 36.6 Å². The highest BCUT2D eigenvalue weighted by Crippen LogP contribution is 2.36. The third-order valence-corrected chi connectivity index (χ3v) is 15.1. The summed E-state index contributed by atoms with van der Waals surface area (Å²) in [5, 5.41) is 3.78. The lowest BCUT2D eigenvalue weighted by Crippen LogP contribution is -2.37. The molecule has 8 aromatic rings. The molecule has 15 heteroatoms. The number of alkyl halides is 1. The van der Waals surface area contributed by atoms with Gasteiger partial charge in [0, 0.05) is 103 Å². The Kier molecular flexibility index (Phi) is 10.5. The predicted molar refractivity (Wildman–Crippen MR) is 237 cm³/mol. The molecule has 0 spiro atoms. The molecule has 312 valence electrons. The first kappa shape index (κ1) is 40.1. The van der Waals surface area contributed by atoms with Crippen LogP contribution in [0.15, 0.2) is 119 Å². The van der Waals surface area contributed by atoms with Crippen molar-refractivity contribution in [2.24, 2.45) is 14.1 Å². The number of rotatable bonds is 14. The monoisotopic (exact) mass is 848 g/mol. The van der Waals surface area contributed by atoms with Gasteiger partial charge in [-0.25, -0.2) is 30.7 Å². The number of nitrogens with zero attached hydrogens (tertiary/aromatic N) is 4. The minimum Gasteiger partial charge on any atom is -0.361 e. The highest BCUT2D eigenvalue weighted by molar-refractivity contribution is 7.89. The third kappa shape index (κ3) is 7.43. The SMILES string of the molecule is CCN(C)C(CNS(=O)(=O)c1ccc2cc(-c3ccc4c(c3)c(C(CNS(=O)(=O)c3ccc5cc[nH]c5c3)N3CC[C@H](F)C3)cn4C)[nH]c2c1)c1cn(C)c2ccccc12. The van der Waals surface area contributed by atoms with Crippen LogP contribution in [0.2, 0.25) is 0 Å². The largest absolute Gasteiger partial charge is 0.361 e. The Morgan fingerprint density at radius 1 is 0.783 bits per heavy atom. The average molecular weight is 849 g/mol. The van der Waals surface area contributed by atoms with Crippen LogP contribution in [-0.2, 0) is 34.1 Å². The van der Waals surface area contributed by atoms with Gasteiger partial charge in [-0.3, -0.25) is 9.80 Å². The maximum Gasteiger partial charge on any atom is 0.240 e. The average Bonchev–Trinajstić information content (AvgIpc) is 4.09. The molecule has 2 unspecified atom stereocenters. The van der Waals surface area contributed by atoms with E-state index in [1.165, 1.54) is 0 Å². The van der Waals surface area contributed by atoms with Crippen LogP contribution < -0.4 is 9.44 Å². The second kappa shape index (κ2) is 15.6. The molecule has 9 rings (SSSR count). The lowest BCUT2D eigenvalue weighted by Gasteiger charge is -2.27. The van der Waals surface area contributed by atoms with Crippen LogP contribution in [0.4, 0.5) is 4.39 Å². The van der Waals surface area contributed by atoms with Crippen molar-refractivity contribution in [2.45, 2.75) is 41.4 Å². The van der Waals surface area contributed by atoms with Crippen LogP contribution in [0.5, 0.6) is 0 Å². The third-order valence-electron chi connectivity index (χ3n) is 12.3. The zero-order valence-corrected chi connectivity index (χ0v) is 35.6. The molecule has 4 aromatic carbocycles. The summed E-state index contributed by atoms with van der Waals surface area (Å²) in [6, 6.07) is 27.6. The van der Waals surface area contributed by atoms with E-state index >= 15 is 0 Å². The van der Waals surface area contributed by atoms with Gasteiger partial charge in [-0.15, -0.1) is 0 Å². The molecule has 3 atom stereocenters. The summed E-state index contributed by atoms with van der Waals surface area (Å²) >= 11 is 0. The highest BCUT2D eigenvalue weighted by Gasteiger charge is 2.32. The molecule has 0 aliphatic carbocycles. The smallest absolute Gasteiger partial charge is 0.240 e. The molecular formula is C45H49FN8O4S2. The van der Waals surface area contributed by atoms with Crippen molar-refractivity contribution in [1.82, 2.24) is 38.3 Å². The van der Waals surface area contributed by atoms with E-state index in [1.54, 1.807) is 36.5 Å². The summed E-state index contributed by atoms with van der Waals surface area (Å²) < 4.78 is 79.5. The van der Waals surface area contributed by atoms with Crippen molar-refractivity contribution in [3.05, 3.63) is 121 Å². The highest BCUT2D eigenvalue weighted by atomic mass is 32.2. The van der Waals surface area contributed by atoms with Crippen molar-refractivity contribution >= 4 is 63.7 Å². The number of fused-ring (bicyclic) bond motifs is 4. The van der Waals surface area contributed by atoms with E-state index in [4.69, 9.17) is 0 Å². The van der Waals surface area contributed by atoms with Crippen LogP contribution in [0, 0.1) is 0 Å². The number of likely N-dealkylation sites (N-methyl/N-ethyl adjacent to an activating group) is 1. The molecule has 1 saturated heterocycles. The zero-order chi connectivity index (χ0) is 41.9. The Labute approximate surface area is 349 Å². The van der Waals surface area contributed by atoms with E-state index in [-0.39, 0.29) is 35.5 Å². The summed E-state index contributed by atoms with van der Waals surface area (Å²) in [5.41, 5.74) is 7.06. The van der Waals surface area contributed by atoms with Gasteiger partial charge < -0.3 is 19.1 Å². The first-order valence-corrected chi connectivity index (χ1v) is 23.2. The van der Waals surface area contributed by atoms with Gasteiger partial charge in [-0.2, -0.15) is 0 Å². The molecule has 5 heterocycles. The molecule has 0 bridgehead atoms. The van der Waals surface area contributed by atoms with Gasteiger partial charge in [0.05, 0.1) is 21.9 Å². The first-order valence-electron chi connectivity index (χ1n) is 20.2. The first-order chi connectivity index (χ1) is 28.8. The topological polar surface area (TPSA) is 140 Å². The summed E-state index contributed by atoms with van der Waals surface area (Å²) in [6.07, 6.45) is 5.24. The Bertz CT molecular complexity index is 3110. The molecule has 1 fully saturated rings. The van der Waals surface area contributed by atoms with Crippen LogP contribution in [0.25, 0.3) is 54.9 Å². The fourth-order valence-corrected chi connectivity index (χ4v) is 11.0. The molecule has 60 heavy (non-hydrogen) atoms. The molecule has 12 nitrogen and oxygen atoms in total. The van der Waals surface area contributed by atoms with E-state index in [9.17, 15) is 21.2 Å². The van der Waals surface area contributed by atoms with Gasteiger partial charge in [0.15, 0.2) is 0 Å². The zero-order valence-electron chi connectivity index (χ0n) is 34.0. The Morgan fingerprint density at radius 3 is 2.20 bits per heavy atom. The second-order valence-electron chi connectivity index (χ2n) is 16.0. The minimum absolute atomic E-state index is 0.0518. The molecule has 4 N–H and O–H groups in total. The van der Waals surface area contributed by atoms with E-state index in [0.717, 1.165) is 67.0 Å². The molecule has 4 aromatic heterocycles. The summed E-state index contributed by atoms with van der Waals surface area (Å²) in [6.45, 7) is 3.76. The summed E-state index contributed by atoms with van der Waals surface area (Å²) in [4.78, 5) is 11.0. The van der Waals surface area contributed by atoms with Crippen molar-refractivity contribution in [1.29, 1.82) is 0 Å². The van der Waals surface area contributed by atoms with Crippen LogP contribution in [-0.4, -0.2) is 91.7 Å². The van der Waals surface area contributed by atoms with E-state index < -0.39 is 32.3 Å². The van der Waals surface area contributed by atoms with Crippen LogP contribution in [0.3, 0.4) is 0 Å². The second-order valence-corrected chi connectivity index (χ2v) is 19.5. The fraction of sp³-hybridized carbons (Fsp3) is 0.289. The number of hydrogen-bond acceptors (Lipinski definition) is 6. The number of hydrogen-bond donors (Lipinski definition) is 4. The number of aromatic nitrogens is 4. The number of para-hydroxylation sites is 1. The quantitative estimate of drug-likeness (QED) is 0.0904. The van der Waals surface area contributed by atoms with Crippen molar-refractivity contribution in [3.8, 4) is 11.3 Å². The fourth-order valence-electron chi connectivity index (χ4n) is 8.85. The normalized spacial score (nSPS) is 16.6. The Morgan fingerprint density at radius 2 is 1.47 bits per heavy atom. The van der Waals surface area contributed by atoms with Gasteiger partial charge in [-0.1, -0.05) is 43.3 Å². The lowest BCUT2D eigenvalue weighted by atomic mass is 10.0. The van der Waals surface area contributed by atoms with Gasteiger partial charge in [0.25, 0.3) is 0 Å².